The monoisotopic (exact) mass is 506 g/mol. The second-order valence-electron chi connectivity index (χ2n) is 7.74. The van der Waals surface area contributed by atoms with E-state index < -0.39 is 0 Å². The van der Waals surface area contributed by atoms with Gasteiger partial charge in [-0.15, -0.1) is 0 Å². The Morgan fingerprint density at radius 1 is 1.00 bits per heavy atom. The molecule has 0 aliphatic carbocycles. The SMILES string of the molecule is O=C(NN1CCCC1)c1nc2nc(Nc3ccc(F)cc3)ncc2cc1-c1ccccc1Br. The fourth-order valence-corrected chi connectivity index (χ4v) is 4.27. The Labute approximate surface area is 198 Å². The second kappa shape index (κ2) is 9.21. The van der Waals surface area contributed by atoms with Crippen LogP contribution in [-0.2, 0) is 0 Å². The highest BCUT2D eigenvalue weighted by Gasteiger charge is 2.22. The standard InChI is InChI=1S/C24H20BrFN6O/c25-20-6-2-1-5-18(20)19-13-15-14-27-24(28-17-9-7-16(26)8-10-17)30-22(15)29-21(19)23(33)31-32-11-3-4-12-32/h1-2,5-10,13-14H,3-4,11-12H2,(H,31,33)(H,27,28,29,30). The van der Waals surface area contributed by atoms with E-state index >= 15 is 0 Å². The molecule has 166 valence electrons. The number of carbonyl (C=O) groups excluding carboxylic acids is 1. The number of nitrogens with one attached hydrogen (secondary N) is 2. The van der Waals surface area contributed by atoms with Crippen molar-refractivity contribution in [3.8, 4) is 11.1 Å². The Bertz CT molecular complexity index is 1320. The molecule has 1 fully saturated rings. The summed E-state index contributed by atoms with van der Waals surface area (Å²) in [4.78, 5) is 26.7. The topological polar surface area (TPSA) is 83.0 Å². The number of halogens is 2. The lowest BCUT2D eigenvalue weighted by atomic mass is 10.0. The summed E-state index contributed by atoms with van der Waals surface area (Å²) in [5, 5.41) is 5.65. The lowest BCUT2D eigenvalue weighted by Gasteiger charge is -2.18. The van der Waals surface area contributed by atoms with Crippen LogP contribution < -0.4 is 10.7 Å². The highest BCUT2D eigenvalue weighted by atomic mass is 79.9. The summed E-state index contributed by atoms with van der Waals surface area (Å²) in [6.45, 7) is 1.63. The zero-order valence-corrected chi connectivity index (χ0v) is 19.1. The summed E-state index contributed by atoms with van der Waals surface area (Å²) in [5.74, 6) is -0.299. The van der Waals surface area contributed by atoms with Crippen molar-refractivity contribution in [3.63, 3.8) is 0 Å². The fourth-order valence-electron chi connectivity index (χ4n) is 3.77. The average Bonchev–Trinajstić information content (AvgIpc) is 3.33. The molecule has 0 radical (unpaired) electrons. The Kier molecular flexibility index (Phi) is 5.97. The number of nitrogens with zero attached hydrogens (tertiary/aromatic N) is 4. The summed E-state index contributed by atoms with van der Waals surface area (Å²) in [5.41, 5.74) is 5.83. The van der Waals surface area contributed by atoms with Gasteiger partial charge in [0.05, 0.1) is 0 Å². The van der Waals surface area contributed by atoms with Gasteiger partial charge >= 0.3 is 0 Å². The Morgan fingerprint density at radius 3 is 2.52 bits per heavy atom. The number of hydrogen-bond donors (Lipinski definition) is 2. The van der Waals surface area contributed by atoms with E-state index in [1.807, 2.05) is 35.3 Å². The molecule has 4 aromatic rings. The molecule has 0 bridgehead atoms. The highest BCUT2D eigenvalue weighted by molar-refractivity contribution is 9.10. The van der Waals surface area contributed by atoms with Crippen molar-refractivity contribution in [2.75, 3.05) is 18.4 Å². The molecule has 1 aliphatic rings. The zero-order chi connectivity index (χ0) is 22.8. The van der Waals surface area contributed by atoms with E-state index in [-0.39, 0.29) is 17.4 Å². The number of pyridine rings is 1. The van der Waals surface area contributed by atoms with E-state index in [0.717, 1.165) is 36.0 Å². The largest absolute Gasteiger partial charge is 0.324 e. The van der Waals surface area contributed by atoms with E-state index in [4.69, 9.17) is 0 Å². The van der Waals surface area contributed by atoms with Crippen molar-refractivity contribution in [1.29, 1.82) is 0 Å². The van der Waals surface area contributed by atoms with E-state index in [1.54, 1.807) is 18.3 Å². The molecular formula is C24H20BrFN6O. The molecule has 33 heavy (non-hydrogen) atoms. The molecule has 7 nitrogen and oxygen atoms in total. The molecule has 1 amide bonds. The number of anilines is 2. The lowest BCUT2D eigenvalue weighted by Crippen LogP contribution is -2.40. The van der Waals surface area contributed by atoms with Crippen LogP contribution in [0.3, 0.4) is 0 Å². The molecular weight excluding hydrogens is 487 g/mol. The van der Waals surface area contributed by atoms with Gasteiger partial charge in [-0.1, -0.05) is 34.1 Å². The number of carbonyl (C=O) groups is 1. The predicted octanol–water partition coefficient (Wildman–Crippen LogP) is 5.08. The normalized spacial score (nSPS) is 13.9. The molecule has 1 aliphatic heterocycles. The fraction of sp³-hybridized carbons (Fsp3) is 0.167. The van der Waals surface area contributed by atoms with Crippen molar-refractivity contribution in [1.82, 2.24) is 25.4 Å². The minimum atomic E-state index is -0.324. The number of benzene rings is 2. The first-order chi connectivity index (χ1) is 16.1. The molecule has 0 saturated carbocycles. The van der Waals surface area contributed by atoms with E-state index in [0.29, 0.717) is 28.2 Å². The van der Waals surface area contributed by atoms with Crippen LogP contribution in [0.2, 0.25) is 0 Å². The van der Waals surface area contributed by atoms with Gasteiger partial charge in [0.25, 0.3) is 5.91 Å². The van der Waals surface area contributed by atoms with Crippen molar-refractivity contribution in [2.24, 2.45) is 0 Å². The summed E-state index contributed by atoms with van der Waals surface area (Å²) in [6.07, 6.45) is 3.76. The van der Waals surface area contributed by atoms with Crippen molar-refractivity contribution < 1.29 is 9.18 Å². The van der Waals surface area contributed by atoms with Crippen LogP contribution in [0.4, 0.5) is 16.0 Å². The van der Waals surface area contributed by atoms with Gasteiger partial charge in [-0.2, -0.15) is 4.98 Å². The minimum Gasteiger partial charge on any atom is -0.324 e. The number of rotatable bonds is 5. The van der Waals surface area contributed by atoms with E-state index in [9.17, 15) is 9.18 Å². The first kappa shape index (κ1) is 21.4. The summed E-state index contributed by atoms with van der Waals surface area (Å²) < 4.78 is 14.1. The summed E-state index contributed by atoms with van der Waals surface area (Å²) >= 11 is 3.58. The molecule has 9 heteroatoms. The Hall–Kier alpha value is -3.43. The lowest BCUT2D eigenvalue weighted by molar-refractivity contribution is 0.0821. The van der Waals surface area contributed by atoms with Crippen LogP contribution in [0.1, 0.15) is 23.3 Å². The van der Waals surface area contributed by atoms with Gasteiger partial charge in [0, 0.05) is 40.4 Å². The van der Waals surface area contributed by atoms with Crippen LogP contribution in [0.5, 0.6) is 0 Å². The Balaban J connectivity index is 1.56. The molecule has 3 heterocycles. The Morgan fingerprint density at radius 2 is 1.76 bits per heavy atom. The van der Waals surface area contributed by atoms with Crippen LogP contribution in [0.15, 0.2) is 65.3 Å². The number of aromatic nitrogens is 3. The number of hydrogen-bond acceptors (Lipinski definition) is 6. The van der Waals surface area contributed by atoms with Crippen molar-refractivity contribution in [3.05, 3.63) is 76.8 Å². The number of hydrazine groups is 1. The van der Waals surface area contributed by atoms with Gasteiger partial charge in [-0.25, -0.2) is 19.4 Å². The molecule has 2 aromatic heterocycles. The molecule has 5 rings (SSSR count). The third kappa shape index (κ3) is 4.69. The maximum absolute atomic E-state index is 13.2. The second-order valence-corrected chi connectivity index (χ2v) is 8.59. The van der Waals surface area contributed by atoms with Crippen LogP contribution in [-0.4, -0.2) is 39.0 Å². The zero-order valence-electron chi connectivity index (χ0n) is 17.6. The van der Waals surface area contributed by atoms with Crippen LogP contribution in [0.25, 0.3) is 22.2 Å². The number of fused-ring (bicyclic) bond motifs is 1. The first-order valence-electron chi connectivity index (χ1n) is 10.6. The van der Waals surface area contributed by atoms with Crippen LogP contribution in [0, 0.1) is 5.82 Å². The van der Waals surface area contributed by atoms with Gasteiger partial charge in [0.15, 0.2) is 5.65 Å². The van der Waals surface area contributed by atoms with Gasteiger partial charge in [-0.3, -0.25) is 10.2 Å². The molecule has 0 unspecified atom stereocenters. The van der Waals surface area contributed by atoms with E-state index in [1.165, 1.54) is 12.1 Å². The molecule has 0 atom stereocenters. The smallest absolute Gasteiger partial charge is 0.284 e. The van der Waals surface area contributed by atoms with Crippen molar-refractivity contribution >= 4 is 44.5 Å². The third-order valence-corrected chi connectivity index (χ3v) is 6.11. The van der Waals surface area contributed by atoms with E-state index in [2.05, 4.69) is 41.6 Å². The molecule has 0 spiro atoms. The quantitative estimate of drug-likeness (QED) is 0.392. The number of amides is 1. The molecule has 2 N–H and O–H groups in total. The van der Waals surface area contributed by atoms with Crippen molar-refractivity contribution in [2.45, 2.75) is 12.8 Å². The molecule has 2 aromatic carbocycles. The summed E-state index contributed by atoms with van der Waals surface area (Å²) in [6, 6.07) is 15.5. The highest BCUT2D eigenvalue weighted by Crippen LogP contribution is 2.32. The van der Waals surface area contributed by atoms with Gasteiger partial charge in [-0.05, 0) is 54.8 Å². The predicted molar refractivity (Wildman–Crippen MR) is 128 cm³/mol. The summed E-state index contributed by atoms with van der Waals surface area (Å²) in [7, 11) is 0. The van der Waals surface area contributed by atoms with Crippen LogP contribution >= 0.6 is 15.9 Å². The van der Waals surface area contributed by atoms with Gasteiger partial charge in [0.2, 0.25) is 5.95 Å². The average molecular weight is 507 g/mol. The first-order valence-corrected chi connectivity index (χ1v) is 11.4. The maximum atomic E-state index is 13.2. The van der Waals surface area contributed by atoms with Gasteiger partial charge in [0.1, 0.15) is 11.5 Å². The third-order valence-electron chi connectivity index (χ3n) is 5.41. The van der Waals surface area contributed by atoms with Gasteiger partial charge < -0.3 is 5.32 Å². The minimum absolute atomic E-state index is 0.281. The molecule has 1 saturated heterocycles. The maximum Gasteiger partial charge on any atom is 0.284 e.